The highest BCUT2D eigenvalue weighted by atomic mass is 16.2. The van der Waals surface area contributed by atoms with Crippen molar-refractivity contribution in [2.75, 3.05) is 7.05 Å². The molecule has 3 heteroatoms. The predicted octanol–water partition coefficient (Wildman–Crippen LogP) is 2.58. The molecule has 18 heavy (non-hydrogen) atoms. The molecule has 1 aliphatic rings. The Bertz CT molecular complexity index is 469. The third-order valence-electron chi connectivity index (χ3n) is 3.63. The second-order valence-corrected chi connectivity index (χ2v) is 5.35. The molecule has 1 amide bonds. The molecule has 0 spiro atoms. The molecule has 1 saturated carbocycles. The van der Waals surface area contributed by atoms with Gasteiger partial charge in [0.25, 0.3) is 0 Å². The van der Waals surface area contributed by atoms with E-state index in [0.29, 0.717) is 25.3 Å². The van der Waals surface area contributed by atoms with Crippen LogP contribution < -0.4 is 0 Å². The maximum Gasteiger partial charge on any atom is 0.243 e. The van der Waals surface area contributed by atoms with Gasteiger partial charge in [0.15, 0.2) is 0 Å². The number of nitrogens with zero attached hydrogens (tertiary/aromatic N) is 2. The third-order valence-corrected chi connectivity index (χ3v) is 3.63. The molecule has 0 bridgehead atoms. The molecule has 94 valence electrons. The van der Waals surface area contributed by atoms with Crippen LogP contribution in [0.1, 0.15) is 25.3 Å². The summed E-state index contributed by atoms with van der Waals surface area (Å²) in [6, 6.07) is 12.1. The van der Waals surface area contributed by atoms with E-state index in [-0.39, 0.29) is 5.91 Å². The maximum atomic E-state index is 12.3. The third kappa shape index (κ3) is 2.24. The van der Waals surface area contributed by atoms with Crippen molar-refractivity contribution in [3.05, 3.63) is 35.9 Å². The lowest BCUT2D eigenvalue weighted by Crippen LogP contribution is -2.48. The van der Waals surface area contributed by atoms with Crippen LogP contribution in [0.25, 0.3) is 0 Å². The van der Waals surface area contributed by atoms with Crippen LogP contribution in [-0.2, 0) is 11.3 Å². The number of rotatable bonds is 3. The van der Waals surface area contributed by atoms with E-state index in [9.17, 15) is 10.1 Å². The van der Waals surface area contributed by atoms with Crippen LogP contribution in [0.2, 0.25) is 0 Å². The van der Waals surface area contributed by atoms with Crippen molar-refractivity contribution < 1.29 is 4.79 Å². The maximum absolute atomic E-state index is 12.3. The molecule has 0 heterocycles. The molecule has 1 aliphatic carbocycles. The van der Waals surface area contributed by atoms with Gasteiger partial charge < -0.3 is 4.90 Å². The van der Waals surface area contributed by atoms with E-state index in [1.54, 1.807) is 11.9 Å². The summed E-state index contributed by atoms with van der Waals surface area (Å²) >= 11 is 0. The lowest BCUT2D eigenvalue weighted by molar-refractivity contribution is -0.144. The van der Waals surface area contributed by atoms with Gasteiger partial charge in [0.1, 0.15) is 5.41 Å². The van der Waals surface area contributed by atoms with E-state index in [2.05, 4.69) is 13.0 Å². The Morgan fingerprint density at radius 1 is 1.44 bits per heavy atom. The molecule has 0 atom stereocenters. The molecule has 0 aliphatic heterocycles. The zero-order chi connectivity index (χ0) is 13.2. The Labute approximate surface area is 108 Å². The van der Waals surface area contributed by atoms with Crippen molar-refractivity contribution in [1.29, 1.82) is 5.26 Å². The molecular weight excluding hydrogens is 224 g/mol. The van der Waals surface area contributed by atoms with Crippen LogP contribution in [0, 0.1) is 22.7 Å². The van der Waals surface area contributed by atoms with Crippen molar-refractivity contribution in [3.63, 3.8) is 0 Å². The van der Waals surface area contributed by atoms with Crippen LogP contribution >= 0.6 is 0 Å². The minimum absolute atomic E-state index is 0.0352. The minimum atomic E-state index is -0.761. The van der Waals surface area contributed by atoms with Gasteiger partial charge >= 0.3 is 0 Å². The molecule has 3 nitrogen and oxygen atoms in total. The second-order valence-electron chi connectivity index (χ2n) is 5.35. The molecule has 1 fully saturated rings. The van der Waals surface area contributed by atoms with Gasteiger partial charge in [-0.2, -0.15) is 5.26 Å². The SMILES string of the molecule is CC1CC(C#N)(C(=O)N(C)Cc2ccccc2)C1. The highest BCUT2D eigenvalue weighted by molar-refractivity contribution is 5.86. The summed E-state index contributed by atoms with van der Waals surface area (Å²) in [5.41, 5.74) is 0.331. The lowest BCUT2D eigenvalue weighted by Gasteiger charge is -2.41. The normalized spacial score (nSPS) is 25.9. The Morgan fingerprint density at radius 2 is 2.06 bits per heavy atom. The first-order valence-electron chi connectivity index (χ1n) is 6.28. The van der Waals surface area contributed by atoms with E-state index in [1.807, 2.05) is 30.3 Å². The summed E-state index contributed by atoms with van der Waals surface area (Å²) in [5.74, 6) is 0.450. The van der Waals surface area contributed by atoms with Crippen molar-refractivity contribution in [2.45, 2.75) is 26.3 Å². The highest BCUT2D eigenvalue weighted by Gasteiger charge is 2.50. The average Bonchev–Trinajstić information content (AvgIpc) is 2.35. The number of carbonyl (C=O) groups excluding carboxylic acids is 1. The van der Waals surface area contributed by atoms with E-state index >= 15 is 0 Å². The molecule has 2 rings (SSSR count). The van der Waals surface area contributed by atoms with Gasteiger partial charge in [-0.25, -0.2) is 0 Å². The fraction of sp³-hybridized carbons (Fsp3) is 0.467. The Balaban J connectivity index is 2.04. The number of amides is 1. The van der Waals surface area contributed by atoms with Crippen molar-refractivity contribution in [1.82, 2.24) is 4.90 Å². The Kier molecular flexibility index (Phi) is 3.38. The van der Waals surface area contributed by atoms with Crippen molar-refractivity contribution in [2.24, 2.45) is 11.3 Å². The Morgan fingerprint density at radius 3 is 2.56 bits per heavy atom. The fourth-order valence-corrected chi connectivity index (χ4v) is 2.74. The van der Waals surface area contributed by atoms with Crippen molar-refractivity contribution >= 4 is 5.91 Å². The van der Waals surface area contributed by atoms with Gasteiger partial charge in [-0.15, -0.1) is 0 Å². The summed E-state index contributed by atoms with van der Waals surface area (Å²) in [5, 5.41) is 9.24. The van der Waals surface area contributed by atoms with Crippen LogP contribution in [0.15, 0.2) is 30.3 Å². The molecule has 0 saturated heterocycles. The molecule has 0 unspecified atom stereocenters. The summed E-state index contributed by atoms with van der Waals surface area (Å²) in [6.07, 6.45) is 1.39. The standard InChI is InChI=1S/C15H18N2O/c1-12-8-15(9-12,11-16)14(18)17(2)10-13-6-4-3-5-7-13/h3-7,12H,8-10H2,1-2H3. The minimum Gasteiger partial charge on any atom is -0.340 e. The molecule has 0 N–H and O–H groups in total. The van der Waals surface area contributed by atoms with Gasteiger partial charge in [-0.1, -0.05) is 37.3 Å². The highest BCUT2D eigenvalue weighted by Crippen LogP contribution is 2.46. The largest absolute Gasteiger partial charge is 0.340 e. The van der Waals surface area contributed by atoms with Crippen LogP contribution in [0.4, 0.5) is 0 Å². The number of nitriles is 1. The van der Waals surface area contributed by atoms with Gasteiger partial charge in [0.2, 0.25) is 5.91 Å². The molecule has 1 aromatic carbocycles. The van der Waals surface area contributed by atoms with Crippen molar-refractivity contribution in [3.8, 4) is 6.07 Å². The summed E-state index contributed by atoms with van der Waals surface area (Å²) in [6.45, 7) is 2.65. The van der Waals surface area contributed by atoms with Gasteiger partial charge in [-0.3, -0.25) is 4.79 Å². The second kappa shape index (κ2) is 4.81. The summed E-state index contributed by atoms with van der Waals surface area (Å²) in [4.78, 5) is 14.0. The number of carbonyl (C=O) groups is 1. The van der Waals surface area contributed by atoms with Gasteiger partial charge in [-0.05, 0) is 24.3 Å². The van der Waals surface area contributed by atoms with E-state index < -0.39 is 5.41 Å². The zero-order valence-corrected chi connectivity index (χ0v) is 10.9. The summed E-state index contributed by atoms with van der Waals surface area (Å²) in [7, 11) is 1.78. The monoisotopic (exact) mass is 242 g/mol. The average molecular weight is 242 g/mol. The molecule has 0 aromatic heterocycles. The lowest BCUT2D eigenvalue weighted by atomic mass is 9.63. The van der Waals surface area contributed by atoms with E-state index in [0.717, 1.165) is 5.56 Å². The molecule has 1 aromatic rings. The summed E-state index contributed by atoms with van der Waals surface area (Å²) < 4.78 is 0. The topological polar surface area (TPSA) is 44.1 Å². The van der Waals surface area contributed by atoms with Crippen LogP contribution in [0.5, 0.6) is 0 Å². The number of hydrogen-bond donors (Lipinski definition) is 0. The van der Waals surface area contributed by atoms with Crippen LogP contribution in [0.3, 0.4) is 0 Å². The van der Waals surface area contributed by atoms with Gasteiger partial charge in [0.05, 0.1) is 6.07 Å². The van der Waals surface area contributed by atoms with Gasteiger partial charge in [0, 0.05) is 13.6 Å². The Hall–Kier alpha value is -1.82. The predicted molar refractivity (Wildman–Crippen MR) is 69.4 cm³/mol. The first kappa shape index (κ1) is 12.6. The van der Waals surface area contributed by atoms with Crippen LogP contribution in [-0.4, -0.2) is 17.9 Å². The zero-order valence-electron chi connectivity index (χ0n) is 10.9. The molecule has 0 radical (unpaired) electrons. The first-order chi connectivity index (χ1) is 8.57. The number of hydrogen-bond acceptors (Lipinski definition) is 2. The quantitative estimate of drug-likeness (QED) is 0.817. The smallest absolute Gasteiger partial charge is 0.243 e. The number of benzene rings is 1. The molecular formula is C15H18N2O. The van der Waals surface area contributed by atoms with E-state index in [4.69, 9.17) is 0 Å². The van der Waals surface area contributed by atoms with E-state index in [1.165, 1.54) is 0 Å². The fourth-order valence-electron chi connectivity index (χ4n) is 2.74. The first-order valence-corrected chi connectivity index (χ1v) is 6.28.